The number of ether oxygens (including phenoxy) is 2. The highest BCUT2D eigenvalue weighted by atomic mass is 35.5. The van der Waals surface area contributed by atoms with Crippen LogP contribution in [0.5, 0.6) is 5.75 Å². The van der Waals surface area contributed by atoms with E-state index < -0.39 is 0 Å². The maximum Gasteiger partial charge on any atom is 0.225 e. The van der Waals surface area contributed by atoms with Gasteiger partial charge in [-0.15, -0.1) is 0 Å². The molecule has 180 valence electrons. The van der Waals surface area contributed by atoms with E-state index in [2.05, 4.69) is 9.80 Å². The first-order valence-electron chi connectivity index (χ1n) is 11.3. The molecule has 2 aromatic rings. The molecule has 0 unspecified atom stereocenters. The second-order valence-electron chi connectivity index (χ2n) is 8.27. The first kappa shape index (κ1) is 25.6. The van der Waals surface area contributed by atoms with Crippen LogP contribution in [-0.2, 0) is 9.53 Å². The van der Waals surface area contributed by atoms with E-state index in [0.29, 0.717) is 16.7 Å². The third-order valence-electron chi connectivity index (χ3n) is 5.89. The summed E-state index contributed by atoms with van der Waals surface area (Å²) in [6.07, 6.45) is 2.04. The second-order valence-corrected chi connectivity index (χ2v) is 9.06. The number of aryl methyl sites for hydroxylation is 1. The van der Waals surface area contributed by atoms with Crippen molar-refractivity contribution in [3.8, 4) is 5.75 Å². The van der Waals surface area contributed by atoms with Crippen LogP contribution >= 0.6 is 23.2 Å². The van der Waals surface area contributed by atoms with Crippen LogP contribution in [0.25, 0.3) is 0 Å². The molecule has 0 saturated carbocycles. The number of carbonyl (C=O) groups excluding carboxylic acids is 1. The number of unbranched alkanes of at least 4 members (excludes halogenated alkanes) is 1. The van der Waals surface area contributed by atoms with Gasteiger partial charge < -0.3 is 14.4 Å². The first-order valence-corrected chi connectivity index (χ1v) is 12.1. The lowest BCUT2D eigenvalue weighted by molar-refractivity contribution is -0.117. The molecule has 0 N–H and O–H groups in total. The number of carbonyl (C=O) groups is 1. The van der Waals surface area contributed by atoms with E-state index in [4.69, 9.17) is 32.7 Å². The SMILES string of the molecule is COCN(C(C)=O)c1cc(OCCCCN2CCN(c3cccc(Cl)c3Cl)CC2)ccc1C. The third-order valence-corrected chi connectivity index (χ3v) is 6.70. The highest BCUT2D eigenvalue weighted by Crippen LogP contribution is 2.33. The summed E-state index contributed by atoms with van der Waals surface area (Å²) in [6, 6.07) is 11.6. The molecule has 6 nitrogen and oxygen atoms in total. The van der Waals surface area contributed by atoms with E-state index in [1.165, 1.54) is 6.92 Å². The van der Waals surface area contributed by atoms with Gasteiger partial charge in [0.1, 0.15) is 12.5 Å². The molecule has 33 heavy (non-hydrogen) atoms. The minimum absolute atomic E-state index is 0.0603. The summed E-state index contributed by atoms with van der Waals surface area (Å²) in [6.45, 7) is 9.32. The summed E-state index contributed by atoms with van der Waals surface area (Å²) in [4.78, 5) is 18.4. The number of amides is 1. The molecule has 1 aliphatic rings. The van der Waals surface area contributed by atoms with Crippen LogP contribution in [0.2, 0.25) is 10.0 Å². The number of piperazine rings is 1. The summed E-state index contributed by atoms with van der Waals surface area (Å²) >= 11 is 12.5. The molecule has 1 heterocycles. The Hall–Kier alpha value is -1.99. The normalized spacial score (nSPS) is 14.4. The van der Waals surface area contributed by atoms with Crippen molar-refractivity contribution in [2.75, 3.05) is 63.0 Å². The van der Waals surface area contributed by atoms with Crippen molar-refractivity contribution >= 4 is 40.5 Å². The van der Waals surface area contributed by atoms with Gasteiger partial charge in [0.2, 0.25) is 5.91 Å². The summed E-state index contributed by atoms with van der Waals surface area (Å²) in [5.41, 5.74) is 2.84. The fraction of sp³-hybridized carbons (Fsp3) is 0.480. The zero-order valence-corrected chi connectivity index (χ0v) is 21.2. The molecule has 1 amide bonds. The van der Waals surface area contributed by atoms with Crippen LogP contribution < -0.4 is 14.5 Å². The van der Waals surface area contributed by atoms with E-state index in [1.807, 2.05) is 43.3 Å². The topological polar surface area (TPSA) is 45.2 Å². The summed E-state index contributed by atoms with van der Waals surface area (Å²) in [5.74, 6) is 0.708. The fourth-order valence-electron chi connectivity index (χ4n) is 4.01. The minimum Gasteiger partial charge on any atom is -0.494 e. The molecular weight excluding hydrogens is 461 g/mol. The monoisotopic (exact) mass is 493 g/mol. The van der Waals surface area contributed by atoms with Crippen LogP contribution in [0.15, 0.2) is 36.4 Å². The predicted octanol–water partition coefficient (Wildman–Crippen LogP) is 5.24. The highest BCUT2D eigenvalue weighted by Gasteiger charge is 2.19. The van der Waals surface area contributed by atoms with E-state index in [9.17, 15) is 4.79 Å². The Bertz CT molecular complexity index is 933. The number of nitrogens with zero attached hydrogens (tertiary/aromatic N) is 3. The number of halogens is 2. The van der Waals surface area contributed by atoms with Gasteiger partial charge in [0.05, 0.1) is 28.0 Å². The van der Waals surface area contributed by atoms with E-state index >= 15 is 0 Å². The Balaban J connectivity index is 1.40. The zero-order valence-electron chi connectivity index (χ0n) is 19.7. The smallest absolute Gasteiger partial charge is 0.225 e. The number of rotatable bonds is 10. The molecule has 8 heteroatoms. The lowest BCUT2D eigenvalue weighted by Crippen LogP contribution is -2.46. The summed E-state index contributed by atoms with van der Waals surface area (Å²) in [7, 11) is 1.58. The largest absolute Gasteiger partial charge is 0.494 e. The highest BCUT2D eigenvalue weighted by molar-refractivity contribution is 6.43. The van der Waals surface area contributed by atoms with Gasteiger partial charge in [-0.3, -0.25) is 14.6 Å². The van der Waals surface area contributed by atoms with Crippen molar-refractivity contribution in [3.63, 3.8) is 0 Å². The first-order chi connectivity index (χ1) is 15.9. The van der Waals surface area contributed by atoms with Crippen LogP contribution in [0.3, 0.4) is 0 Å². The van der Waals surface area contributed by atoms with Crippen molar-refractivity contribution in [3.05, 3.63) is 52.0 Å². The maximum atomic E-state index is 12.0. The summed E-state index contributed by atoms with van der Waals surface area (Å²) in [5, 5.41) is 1.24. The van der Waals surface area contributed by atoms with E-state index in [1.54, 1.807) is 12.0 Å². The maximum absolute atomic E-state index is 12.0. The average molecular weight is 494 g/mol. The molecule has 0 atom stereocenters. The van der Waals surface area contributed by atoms with Gasteiger partial charge in [-0.25, -0.2) is 0 Å². The molecule has 1 fully saturated rings. The Morgan fingerprint density at radius 3 is 2.55 bits per heavy atom. The van der Waals surface area contributed by atoms with Gasteiger partial charge >= 0.3 is 0 Å². The average Bonchev–Trinajstić information content (AvgIpc) is 2.80. The Kier molecular flexibility index (Phi) is 9.68. The van der Waals surface area contributed by atoms with Gasteiger partial charge in [0, 0.05) is 46.3 Å². The van der Waals surface area contributed by atoms with Gasteiger partial charge in [0.25, 0.3) is 0 Å². The lowest BCUT2D eigenvalue weighted by atomic mass is 10.1. The molecular formula is C25H33Cl2N3O3. The van der Waals surface area contributed by atoms with E-state index in [0.717, 1.165) is 68.3 Å². The number of hydrogen-bond acceptors (Lipinski definition) is 5. The molecule has 3 rings (SSSR count). The standard InChI is InChI=1S/C25H33Cl2N3O3/c1-19-9-10-21(17-24(19)30(18-32-3)20(2)31)33-16-5-4-11-28-12-14-29(15-13-28)23-8-6-7-22(26)25(23)27/h6-10,17H,4-5,11-16,18H2,1-3H3. The van der Waals surface area contributed by atoms with Crippen molar-refractivity contribution in [1.82, 2.24) is 4.90 Å². The van der Waals surface area contributed by atoms with Crippen LogP contribution in [0.1, 0.15) is 25.3 Å². The number of benzene rings is 2. The third kappa shape index (κ3) is 7.00. The van der Waals surface area contributed by atoms with Crippen molar-refractivity contribution in [2.24, 2.45) is 0 Å². The van der Waals surface area contributed by atoms with E-state index in [-0.39, 0.29) is 12.6 Å². The van der Waals surface area contributed by atoms with Gasteiger partial charge in [-0.2, -0.15) is 0 Å². The fourth-order valence-corrected chi connectivity index (χ4v) is 4.42. The van der Waals surface area contributed by atoms with Crippen LogP contribution in [-0.4, -0.2) is 64.0 Å². The zero-order chi connectivity index (χ0) is 23.8. The van der Waals surface area contributed by atoms with Crippen molar-refractivity contribution in [1.29, 1.82) is 0 Å². The number of methoxy groups -OCH3 is 1. The molecule has 0 bridgehead atoms. The summed E-state index contributed by atoms with van der Waals surface area (Å²) < 4.78 is 11.1. The molecule has 0 aliphatic carbocycles. The lowest BCUT2D eigenvalue weighted by Gasteiger charge is -2.36. The van der Waals surface area contributed by atoms with Crippen molar-refractivity contribution in [2.45, 2.75) is 26.7 Å². The Morgan fingerprint density at radius 2 is 1.85 bits per heavy atom. The molecule has 1 aliphatic heterocycles. The molecule has 0 aromatic heterocycles. The Labute approximate surface area is 207 Å². The van der Waals surface area contributed by atoms with Gasteiger partial charge in [-0.05, 0) is 50.1 Å². The predicted molar refractivity (Wildman–Crippen MR) is 136 cm³/mol. The van der Waals surface area contributed by atoms with Gasteiger partial charge in [0.15, 0.2) is 0 Å². The minimum atomic E-state index is -0.0603. The molecule has 0 radical (unpaired) electrons. The van der Waals surface area contributed by atoms with Crippen LogP contribution in [0.4, 0.5) is 11.4 Å². The van der Waals surface area contributed by atoms with Gasteiger partial charge in [-0.1, -0.05) is 35.3 Å². The Morgan fingerprint density at radius 1 is 1.09 bits per heavy atom. The number of anilines is 2. The molecule has 0 spiro atoms. The molecule has 2 aromatic carbocycles. The second kappa shape index (κ2) is 12.5. The quantitative estimate of drug-likeness (QED) is 0.334. The molecule has 1 saturated heterocycles. The van der Waals surface area contributed by atoms with Crippen LogP contribution in [0, 0.1) is 6.92 Å². The number of hydrogen-bond donors (Lipinski definition) is 0. The van der Waals surface area contributed by atoms with Crippen molar-refractivity contribution < 1.29 is 14.3 Å².